The molecule has 2 aromatic rings. The van der Waals surface area contributed by atoms with Gasteiger partial charge in [-0.05, 0) is 31.6 Å². The lowest BCUT2D eigenvalue weighted by Crippen LogP contribution is -2.08. The van der Waals surface area contributed by atoms with Crippen molar-refractivity contribution < 1.29 is 4.79 Å². The molecule has 2 rings (SSSR count). The third kappa shape index (κ3) is 3.55. The molecule has 0 saturated heterocycles. The molecule has 4 nitrogen and oxygen atoms in total. The summed E-state index contributed by atoms with van der Waals surface area (Å²) in [6, 6.07) is 5.94. The number of hydrogen-bond donors (Lipinski definition) is 1. The topological polar surface area (TPSA) is 46.9 Å². The Bertz CT molecular complexity index is 626. The third-order valence-corrected chi connectivity index (χ3v) is 2.79. The molecule has 0 aliphatic heterocycles. The summed E-state index contributed by atoms with van der Waals surface area (Å²) in [5.41, 5.74) is 3.98. The van der Waals surface area contributed by atoms with Gasteiger partial charge in [0.25, 0.3) is 0 Å². The maximum Gasteiger partial charge on any atom is 0.248 e. The molecule has 0 saturated carbocycles. The highest BCUT2D eigenvalue weighted by molar-refractivity contribution is 6.02. The zero-order chi connectivity index (χ0) is 13.8. The van der Waals surface area contributed by atoms with Gasteiger partial charge in [-0.3, -0.25) is 9.48 Å². The fraction of sp³-hybridized carbons (Fsp3) is 0.200. The van der Waals surface area contributed by atoms with Crippen molar-refractivity contribution >= 4 is 17.7 Å². The van der Waals surface area contributed by atoms with Crippen molar-refractivity contribution in [3.63, 3.8) is 0 Å². The molecule has 0 aliphatic rings. The first-order valence-corrected chi connectivity index (χ1v) is 6.09. The summed E-state index contributed by atoms with van der Waals surface area (Å²) in [4.78, 5) is 11.8. The second kappa shape index (κ2) is 5.52. The zero-order valence-corrected chi connectivity index (χ0v) is 11.3. The third-order valence-electron chi connectivity index (χ3n) is 2.79. The average Bonchev–Trinajstić information content (AvgIpc) is 2.76. The lowest BCUT2D eigenvalue weighted by Gasteiger charge is -2.06. The van der Waals surface area contributed by atoms with E-state index in [0.29, 0.717) is 0 Å². The molecule has 1 aromatic heterocycles. The monoisotopic (exact) mass is 255 g/mol. The molecule has 0 unspecified atom stereocenters. The van der Waals surface area contributed by atoms with Gasteiger partial charge in [0.15, 0.2) is 0 Å². The van der Waals surface area contributed by atoms with Crippen molar-refractivity contribution in [3.05, 3.63) is 53.4 Å². The maximum absolute atomic E-state index is 11.8. The number of benzene rings is 1. The van der Waals surface area contributed by atoms with Crippen LogP contribution in [0, 0.1) is 13.8 Å². The molecule has 1 heterocycles. The Morgan fingerprint density at radius 3 is 2.79 bits per heavy atom. The second-order valence-corrected chi connectivity index (χ2v) is 4.59. The Kier molecular flexibility index (Phi) is 3.80. The van der Waals surface area contributed by atoms with E-state index in [2.05, 4.69) is 10.4 Å². The van der Waals surface area contributed by atoms with Crippen LogP contribution in [0.5, 0.6) is 0 Å². The number of aromatic nitrogens is 2. The quantitative estimate of drug-likeness (QED) is 0.857. The molecule has 0 radical (unpaired) electrons. The van der Waals surface area contributed by atoms with E-state index in [0.717, 1.165) is 16.8 Å². The Hall–Kier alpha value is -2.36. The van der Waals surface area contributed by atoms with E-state index in [-0.39, 0.29) is 5.91 Å². The van der Waals surface area contributed by atoms with Crippen LogP contribution in [0.15, 0.2) is 36.7 Å². The molecule has 0 aliphatic carbocycles. The van der Waals surface area contributed by atoms with Gasteiger partial charge in [0.2, 0.25) is 5.91 Å². The van der Waals surface area contributed by atoms with Gasteiger partial charge in [0, 0.05) is 30.6 Å². The van der Waals surface area contributed by atoms with Crippen LogP contribution in [0.3, 0.4) is 0 Å². The molecular formula is C15H17N3O. The summed E-state index contributed by atoms with van der Waals surface area (Å²) in [6.07, 6.45) is 6.81. The maximum atomic E-state index is 11.8. The van der Waals surface area contributed by atoms with Crippen molar-refractivity contribution in [2.75, 3.05) is 5.32 Å². The second-order valence-electron chi connectivity index (χ2n) is 4.59. The van der Waals surface area contributed by atoms with Gasteiger partial charge in [0.05, 0.1) is 6.20 Å². The van der Waals surface area contributed by atoms with E-state index in [1.165, 1.54) is 11.6 Å². The van der Waals surface area contributed by atoms with Gasteiger partial charge in [0.1, 0.15) is 0 Å². The van der Waals surface area contributed by atoms with E-state index >= 15 is 0 Å². The molecule has 0 fully saturated rings. The van der Waals surface area contributed by atoms with Crippen LogP contribution < -0.4 is 5.32 Å². The number of carbonyl (C=O) groups excluding carboxylic acids is 1. The lowest BCUT2D eigenvalue weighted by atomic mass is 10.1. The Balaban J connectivity index is 2.03. The number of nitrogens with one attached hydrogen (secondary N) is 1. The Morgan fingerprint density at radius 2 is 2.16 bits per heavy atom. The van der Waals surface area contributed by atoms with E-state index in [1.54, 1.807) is 17.0 Å². The van der Waals surface area contributed by atoms with Crippen molar-refractivity contribution in [1.29, 1.82) is 0 Å². The summed E-state index contributed by atoms with van der Waals surface area (Å²) < 4.78 is 1.70. The molecule has 4 heteroatoms. The molecule has 0 spiro atoms. The standard InChI is InChI=1S/C15H17N3O/c1-11-4-6-14(12(2)8-11)17-15(19)7-5-13-9-16-18(3)10-13/h4-10H,1-3H3,(H,17,19). The summed E-state index contributed by atoms with van der Waals surface area (Å²) >= 11 is 0. The number of aryl methyl sites for hydroxylation is 3. The van der Waals surface area contributed by atoms with Crippen molar-refractivity contribution in [1.82, 2.24) is 9.78 Å². The zero-order valence-electron chi connectivity index (χ0n) is 11.3. The van der Waals surface area contributed by atoms with Crippen molar-refractivity contribution in [3.8, 4) is 0 Å². The van der Waals surface area contributed by atoms with E-state index < -0.39 is 0 Å². The van der Waals surface area contributed by atoms with Crippen LogP contribution in [-0.4, -0.2) is 15.7 Å². The SMILES string of the molecule is Cc1ccc(NC(=O)C=Cc2cnn(C)c2)c(C)c1. The number of nitrogens with zero attached hydrogens (tertiary/aromatic N) is 2. The number of amides is 1. The highest BCUT2D eigenvalue weighted by Crippen LogP contribution is 2.16. The lowest BCUT2D eigenvalue weighted by molar-refractivity contribution is -0.111. The minimum Gasteiger partial charge on any atom is -0.322 e. The summed E-state index contributed by atoms with van der Waals surface area (Å²) in [7, 11) is 1.84. The van der Waals surface area contributed by atoms with Crippen molar-refractivity contribution in [2.45, 2.75) is 13.8 Å². The van der Waals surface area contributed by atoms with Gasteiger partial charge >= 0.3 is 0 Å². The van der Waals surface area contributed by atoms with Crippen LogP contribution in [0.25, 0.3) is 6.08 Å². The molecule has 0 bridgehead atoms. The molecule has 1 N–H and O–H groups in total. The normalized spacial score (nSPS) is 10.9. The van der Waals surface area contributed by atoms with E-state index in [1.807, 2.05) is 45.3 Å². The number of carbonyl (C=O) groups is 1. The first-order chi connectivity index (χ1) is 9.04. The first-order valence-electron chi connectivity index (χ1n) is 6.09. The summed E-state index contributed by atoms with van der Waals surface area (Å²) in [5.74, 6) is -0.143. The molecule has 0 atom stereocenters. The smallest absolute Gasteiger partial charge is 0.248 e. The van der Waals surface area contributed by atoms with E-state index in [9.17, 15) is 4.79 Å². The van der Waals surface area contributed by atoms with Crippen LogP contribution in [0.4, 0.5) is 5.69 Å². The molecule has 19 heavy (non-hydrogen) atoms. The van der Waals surface area contributed by atoms with Crippen LogP contribution in [0.2, 0.25) is 0 Å². The van der Waals surface area contributed by atoms with Crippen molar-refractivity contribution in [2.24, 2.45) is 7.05 Å². The molecular weight excluding hydrogens is 238 g/mol. The first kappa shape index (κ1) is 13.1. The summed E-state index contributed by atoms with van der Waals surface area (Å²) in [5, 5.41) is 6.90. The minimum atomic E-state index is -0.143. The van der Waals surface area contributed by atoms with Gasteiger partial charge in [-0.2, -0.15) is 5.10 Å². The largest absolute Gasteiger partial charge is 0.322 e. The molecule has 98 valence electrons. The van der Waals surface area contributed by atoms with Gasteiger partial charge in [-0.15, -0.1) is 0 Å². The minimum absolute atomic E-state index is 0.143. The molecule has 1 aromatic carbocycles. The van der Waals surface area contributed by atoms with E-state index in [4.69, 9.17) is 0 Å². The number of rotatable bonds is 3. The van der Waals surface area contributed by atoms with Gasteiger partial charge in [-0.25, -0.2) is 0 Å². The highest BCUT2D eigenvalue weighted by atomic mass is 16.1. The fourth-order valence-corrected chi connectivity index (χ4v) is 1.83. The fourth-order valence-electron chi connectivity index (χ4n) is 1.83. The number of hydrogen-bond acceptors (Lipinski definition) is 2. The van der Waals surface area contributed by atoms with Gasteiger partial charge in [-0.1, -0.05) is 17.7 Å². The Labute approximate surface area is 112 Å². The summed E-state index contributed by atoms with van der Waals surface area (Å²) in [6.45, 7) is 4.01. The predicted molar refractivity (Wildman–Crippen MR) is 76.8 cm³/mol. The van der Waals surface area contributed by atoms with Crippen LogP contribution in [0.1, 0.15) is 16.7 Å². The van der Waals surface area contributed by atoms with Gasteiger partial charge < -0.3 is 5.32 Å². The van der Waals surface area contributed by atoms with Crippen LogP contribution >= 0.6 is 0 Å². The predicted octanol–water partition coefficient (Wildman–Crippen LogP) is 2.69. The highest BCUT2D eigenvalue weighted by Gasteiger charge is 2.01. The Morgan fingerprint density at radius 1 is 1.37 bits per heavy atom. The number of anilines is 1. The van der Waals surface area contributed by atoms with Crippen LogP contribution in [-0.2, 0) is 11.8 Å². The average molecular weight is 255 g/mol. The molecule has 1 amide bonds.